The van der Waals surface area contributed by atoms with E-state index in [9.17, 15) is 0 Å². The minimum Gasteiger partial charge on any atom is -0.420 e. The molecule has 0 unspecified atom stereocenters. The second-order valence-corrected chi connectivity index (χ2v) is 9.21. The molecule has 1 fully saturated rings. The Bertz CT molecular complexity index is 1140. The Kier molecular flexibility index (Phi) is 6.15. The number of hydrogen-bond donors (Lipinski definition) is 0. The van der Waals surface area contributed by atoms with Crippen molar-refractivity contribution >= 4 is 27.7 Å². The maximum absolute atomic E-state index is 5.87. The molecule has 158 valence electrons. The summed E-state index contributed by atoms with van der Waals surface area (Å²) in [4.78, 5) is 2.43. The van der Waals surface area contributed by atoms with Gasteiger partial charge in [-0.2, -0.15) is 0 Å². The molecule has 0 amide bonds. The monoisotopic (exact) mass is 496 g/mol. The first kappa shape index (κ1) is 20.4. The molecule has 1 saturated heterocycles. The Morgan fingerprint density at radius 3 is 2.45 bits per heavy atom. The predicted molar refractivity (Wildman–Crippen MR) is 123 cm³/mol. The summed E-state index contributed by atoms with van der Waals surface area (Å²) < 4.78 is 9.01. The highest BCUT2D eigenvalue weighted by Gasteiger charge is 2.20. The standard InChI is InChI=1S/C22H21BrN6OS/c23-17-10-8-16(9-11-17)21-26-25-20(30-21)15-31-22-27-24-19(14-28-12-4-5-13-28)29(22)18-6-2-1-3-7-18/h1-3,6-11H,4-5,12-15H2. The van der Waals surface area contributed by atoms with E-state index < -0.39 is 0 Å². The van der Waals surface area contributed by atoms with Gasteiger partial charge in [-0.05, 0) is 62.3 Å². The Labute approximate surface area is 193 Å². The maximum Gasteiger partial charge on any atom is 0.247 e. The van der Waals surface area contributed by atoms with Crippen molar-refractivity contribution in [1.29, 1.82) is 0 Å². The molecule has 0 radical (unpaired) electrons. The van der Waals surface area contributed by atoms with Gasteiger partial charge in [0, 0.05) is 15.7 Å². The summed E-state index contributed by atoms with van der Waals surface area (Å²) in [5.74, 6) is 2.56. The highest BCUT2D eigenvalue weighted by Crippen LogP contribution is 2.27. The third kappa shape index (κ3) is 4.73. The maximum atomic E-state index is 5.87. The molecule has 0 N–H and O–H groups in total. The van der Waals surface area contributed by atoms with Gasteiger partial charge in [-0.3, -0.25) is 9.47 Å². The van der Waals surface area contributed by atoms with Gasteiger partial charge in [-0.15, -0.1) is 20.4 Å². The van der Waals surface area contributed by atoms with Gasteiger partial charge < -0.3 is 4.42 Å². The molecule has 5 rings (SSSR count). The van der Waals surface area contributed by atoms with Gasteiger partial charge >= 0.3 is 0 Å². The third-order valence-corrected chi connectivity index (χ3v) is 6.60. The Hall–Kier alpha value is -2.49. The summed E-state index contributed by atoms with van der Waals surface area (Å²) >= 11 is 4.99. The molecule has 2 aromatic heterocycles. The topological polar surface area (TPSA) is 72.9 Å². The number of aromatic nitrogens is 5. The summed E-state index contributed by atoms with van der Waals surface area (Å²) in [6.45, 7) is 3.03. The third-order valence-electron chi connectivity index (χ3n) is 5.16. The van der Waals surface area contributed by atoms with Crippen molar-refractivity contribution in [3.63, 3.8) is 0 Å². The largest absolute Gasteiger partial charge is 0.420 e. The molecule has 0 saturated carbocycles. The van der Waals surface area contributed by atoms with Gasteiger partial charge in [0.1, 0.15) is 0 Å². The predicted octanol–water partition coefficient (Wildman–Crippen LogP) is 4.97. The molecule has 0 atom stereocenters. The fourth-order valence-electron chi connectivity index (χ4n) is 3.62. The van der Waals surface area contributed by atoms with E-state index in [1.54, 1.807) is 11.8 Å². The number of likely N-dealkylation sites (tertiary alicyclic amines) is 1. The lowest BCUT2D eigenvalue weighted by atomic mass is 10.2. The Morgan fingerprint density at radius 1 is 0.903 bits per heavy atom. The van der Waals surface area contributed by atoms with Gasteiger partial charge in [0.15, 0.2) is 11.0 Å². The van der Waals surface area contributed by atoms with Gasteiger partial charge in [-0.25, -0.2) is 0 Å². The van der Waals surface area contributed by atoms with Gasteiger partial charge in [0.2, 0.25) is 11.8 Å². The fraction of sp³-hybridized carbons (Fsp3) is 0.273. The molecule has 31 heavy (non-hydrogen) atoms. The molecule has 1 aliphatic heterocycles. The smallest absolute Gasteiger partial charge is 0.247 e. The van der Waals surface area contributed by atoms with E-state index >= 15 is 0 Å². The summed E-state index contributed by atoms with van der Waals surface area (Å²) in [5.41, 5.74) is 1.96. The number of thioether (sulfide) groups is 1. The average Bonchev–Trinajstić information content (AvgIpc) is 3.55. The van der Waals surface area contributed by atoms with E-state index in [0.717, 1.165) is 46.3 Å². The highest BCUT2D eigenvalue weighted by atomic mass is 79.9. The van der Waals surface area contributed by atoms with E-state index in [4.69, 9.17) is 4.42 Å². The number of halogens is 1. The average molecular weight is 497 g/mol. The van der Waals surface area contributed by atoms with Crippen molar-refractivity contribution in [2.45, 2.75) is 30.3 Å². The van der Waals surface area contributed by atoms with Crippen LogP contribution in [0.1, 0.15) is 24.6 Å². The minimum absolute atomic E-state index is 0.516. The molecular weight excluding hydrogens is 476 g/mol. The normalized spacial score (nSPS) is 14.4. The molecule has 2 aromatic carbocycles. The zero-order valence-corrected chi connectivity index (χ0v) is 19.2. The van der Waals surface area contributed by atoms with Crippen LogP contribution in [0.15, 0.2) is 68.6 Å². The number of hydrogen-bond acceptors (Lipinski definition) is 7. The number of para-hydroxylation sites is 1. The Balaban J connectivity index is 1.35. The first-order valence-electron chi connectivity index (χ1n) is 10.2. The lowest BCUT2D eigenvalue weighted by Crippen LogP contribution is -2.21. The first-order valence-corrected chi connectivity index (χ1v) is 12.0. The second-order valence-electron chi connectivity index (χ2n) is 7.35. The van der Waals surface area contributed by atoms with Gasteiger partial charge in [0.05, 0.1) is 12.3 Å². The van der Waals surface area contributed by atoms with Crippen molar-refractivity contribution in [2.24, 2.45) is 0 Å². The van der Waals surface area contributed by atoms with E-state index in [2.05, 4.69) is 57.9 Å². The van der Waals surface area contributed by atoms with Crippen LogP contribution in [0, 0.1) is 0 Å². The summed E-state index contributed by atoms with van der Waals surface area (Å²) in [5, 5.41) is 18.2. The van der Waals surface area contributed by atoms with Gasteiger partial charge in [0.25, 0.3) is 0 Å². The molecule has 4 aromatic rings. The van der Waals surface area contributed by atoms with Crippen molar-refractivity contribution in [3.8, 4) is 17.1 Å². The first-order chi connectivity index (χ1) is 15.3. The second kappa shape index (κ2) is 9.33. The van der Waals surface area contributed by atoms with Crippen molar-refractivity contribution < 1.29 is 4.42 Å². The van der Waals surface area contributed by atoms with Crippen LogP contribution in [0.25, 0.3) is 17.1 Å². The van der Waals surface area contributed by atoms with Crippen molar-refractivity contribution in [2.75, 3.05) is 13.1 Å². The summed E-state index contributed by atoms with van der Waals surface area (Å²) in [6, 6.07) is 18.1. The molecule has 3 heterocycles. The minimum atomic E-state index is 0.516. The van der Waals surface area contributed by atoms with Crippen LogP contribution < -0.4 is 0 Å². The van der Waals surface area contributed by atoms with Crippen molar-refractivity contribution in [3.05, 3.63) is 70.8 Å². The van der Waals surface area contributed by atoms with E-state index in [1.165, 1.54) is 12.8 Å². The zero-order chi connectivity index (χ0) is 21.0. The van der Waals surface area contributed by atoms with Crippen LogP contribution >= 0.6 is 27.7 Å². The van der Waals surface area contributed by atoms with Crippen LogP contribution in [0.4, 0.5) is 0 Å². The lowest BCUT2D eigenvalue weighted by Gasteiger charge is -2.15. The van der Waals surface area contributed by atoms with E-state index in [-0.39, 0.29) is 0 Å². The van der Waals surface area contributed by atoms with E-state index in [0.29, 0.717) is 17.5 Å². The zero-order valence-electron chi connectivity index (χ0n) is 16.8. The van der Waals surface area contributed by atoms with Crippen LogP contribution in [0.2, 0.25) is 0 Å². The molecule has 7 nitrogen and oxygen atoms in total. The van der Waals surface area contributed by atoms with Gasteiger partial charge in [-0.1, -0.05) is 45.9 Å². The summed E-state index contributed by atoms with van der Waals surface area (Å²) in [6.07, 6.45) is 2.50. The molecule has 0 spiro atoms. The van der Waals surface area contributed by atoms with Crippen LogP contribution in [-0.4, -0.2) is 43.0 Å². The lowest BCUT2D eigenvalue weighted by molar-refractivity contribution is 0.319. The van der Waals surface area contributed by atoms with Crippen LogP contribution in [-0.2, 0) is 12.3 Å². The number of rotatable bonds is 7. The molecular formula is C22H21BrN6OS. The van der Waals surface area contributed by atoms with E-state index in [1.807, 2.05) is 42.5 Å². The number of nitrogens with zero attached hydrogens (tertiary/aromatic N) is 6. The quantitative estimate of drug-likeness (QED) is 0.334. The molecule has 1 aliphatic rings. The highest BCUT2D eigenvalue weighted by molar-refractivity contribution is 9.10. The molecule has 0 aliphatic carbocycles. The number of benzene rings is 2. The molecule has 9 heteroatoms. The molecule has 0 bridgehead atoms. The van der Waals surface area contributed by atoms with Crippen LogP contribution in [0.5, 0.6) is 0 Å². The van der Waals surface area contributed by atoms with Crippen molar-refractivity contribution in [1.82, 2.24) is 29.9 Å². The summed E-state index contributed by atoms with van der Waals surface area (Å²) in [7, 11) is 0. The van der Waals surface area contributed by atoms with Crippen LogP contribution in [0.3, 0.4) is 0 Å². The SMILES string of the molecule is Brc1ccc(-c2nnc(CSc3nnc(CN4CCCC4)n3-c3ccccc3)o2)cc1. The Morgan fingerprint density at radius 2 is 1.68 bits per heavy atom. The fourth-order valence-corrected chi connectivity index (χ4v) is 4.69.